The molecule has 0 radical (unpaired) electrons. The molecule has 1 aromatic carbocycles. The molecule has 1 aliphatic rings. The predicted molar refractivity (Wildman–Crippen MR) is 121 cm³/mol. The molecule has 0 unspecified atom stereocenters. The van der Waals surface area contributed by atoms with E-state index in [1.807, 2.05) is 31.2 Å². The molecule has 2 atom stereocenters. The van der Waals surface area contributed by atoms with Crippen molar-refractivity contribution in [3.8, 4) is 5.75 Å². The van der Waals surface area contributed by atoms with Crippen molar-refractivity contribution < 1.29 is 9.53 Å². The van der Waals surface area contributed by atoms with Gasteiger partial charge in [-0.15, -0.1) is 11.3 Å². The number of methoxy groups -OCH3 is 1. The second kappa shape index (κ2) is 9.00. The highest BCUT2D eigenvalue weighted by atomic mass is 32.1. The lowest BCUT2D eigenvalue weighted by atomic mass is 9.96. The van der Waals surface area contributed by atoms with E-state index in [2.05, 4.69) is 28.6 Å². The minimum Gasteiger partial charge on any atom is -0.497 e. The molecule has 158 valence electrons. The number of anilines is 1. The van der Waals surface area contributed by atoms with Gasteiger partial charge in [0.05, 0.1) is 30.3 Å². The number of benzene rings is 1. The zero-order valence-electron chi connectivity index (χ0n) is 17.7. The summed E-state index contributed by atoms with van der Waals surface area (Å²) >= 11 is 1.69. The van der Waals surface area contributed by atoms with Gasteiger partial charge in [0.1, 0.15) is 5.75 Å². The van der Waals surface area contributed by atoms with Crippen LogP contribution in [0.2, 0.25) is 0 Å². The Balaban J connectivity index is 1.51. The van der Waals surface area contributed by atoms with Crippen molar-refractivity contribution >= 4 is 34.1 Å². The number of carbonyl (C=O) groups is 1. The fraction of sp³-hybridized carbons (Fsp3) is 0.435. The molecule has 3 heterocycles. The highest BCUT2D eigenvalue weighted by Crippen LogP contribution is 2.27. The number of hydrogen-bond donors (Lipinski definition) is 1. The van der Waals surface area contributed by atoms with E-state index in [0.29, 0.717) is 12.5 Å². The molecule has 2 aromatic heterocycles. The Morgan fingerprint density at radius 2 is 2.23 bits per heavy atom. The van der Waals surface area contributed by atoms with Crippen LogP contribution in [0.1, 0.15) is 42.8 Å². The molecule has 1 N–H and O–H groups in total. The van der Waals surface area contributed by atoms with Crippen molar-refractivity contribution in [2.75, 3.05) is 25.1 Å². The number of piperidine rings is 1. The number of nitrogens with zero attached hydrogens (tertiary/aromatic N) is 3. The summed E-state index contributed by atoms with van der Waals surface area (Å²) in [5.41, 5.74) is 1.81. The normalized spacial score (nSPS) is 17.7. The van der Waals surface area contributed by atoms with Gasteiger partial charge >= 0.3 is 0 Å². The maximum absolute atomic E-state index is 13.0. The van der Waals surface area contributed by atoms with Crippen LogP contribution >= 0.6 is 11.3 Å². The van der Waals surface area contributed by atoms with Gasteiger partial charge in [-0.2, -0.15) is 0 Å². The van der Waals surface area contributed by atoms with E-state index in [1.54, 1.807) is 18.4 Å². The number of hydrogen-bond acceptors (Lipinski definition) is 6. The Kier molecular flexibility index (Phi) is 6.18. The van der Waals surface area contributed by atoms with Crippen LogP contribution in [0.15, 0.2) is 35.7 Å². The summed E-state index contributed by atoms with van der Waals surface area (Å²) < 4.78 is 5.35. The summed E-state index contributed by atoms with van der Waals surface area (Å²) in [5.74, 6) is 1.54. The monoisotopic (exact) mass is 424 g/mol. The van der Waals surface area contributed by atoms with E-state index in [0.717, 1.165) is 48.2 Å². The molecular weight excluding hydrogens is 396 g/mol. The molecule has 0 aliphatic carbocycles. The minimum absolute atomic E-state index is 0.0577. The smallest absolute Gasteiger partial charge is 0.226 e. The molecule has 0 spiro atoms. The SMILES string of the molecule is CC[C@H](NC(=O)[C@@H]1CCCN(c2nc(C)c3ccc(OC)cc3n2)C1)c1cccs1. The minimum atomic E-state index is -0.0577. The van der Waals surface area contributed by atoms with E-state index in [9.17, 15) is 4.79 Å². The summed E-state index contributed by atoms with van der Waals surface area (Å²) in [6, 6.07) is 10.1. The van der Waals surface area contributed by atoms with E-state index in [1.165, 1.54) is 4.88 Å². The van der Waals surface area contributed by atoms with Crippen molar-refractivity contribution in [2.45, 2.75) is 39.2 Å². The van der Waals surface area contributed by atoms with E-state index in [-0.39, 0.29) is 17.9 Å². The maximum Gasteiger partial charge on any atom is 0.226 e. The van der Waals surface area contributed by atoms with E-state index < -0.39 is 0 Å². The van der Waals surface area contributed by atoms with Crippen molar-refractivity contribution in [1.29, 1.82) is 0 Å². The van der Waals surface area contributed by atoms with Gasteiger partial charge in [-0.25, -0.2) is 9.97 Å². The summed E-state index contributed by atoms with van der Waals surface area (Å²) in [6.45, 7) is 5.61. The second-order valence-electron chi connectivity index (χ2n) is 7.76. The van der Waals surface area contributed by atoms with Crippen LogP contribution in [0.25, 0.3) is 10.9 Å². The molecule has 30 heavy (non-hydrogen) atoms. The molecule has 0 saturated carbocycles. The van der Waals surface area contributed by atoms with Gasteiger partial charge in [-0.1, -0.05) is 13.0 Å². The number of fused-ring (bicyclic) bond motifs is 1. The van der Waals surface area contributed by atoms with E-state index in [4.69, 9.17) is 14.7 Å². The zero-order valence-corrected chi connectivity index (χ0v) is 18.5. The van der Waals surface area contributed by atoms with Gasteiger partial charge in [0.2, 0.25) is 11.9 Å². The van der Waals surface area contributed by atoms with Gasteiger partial charge in [-0.3, -0.25) is 4.79 Å². The molecule has 1 amide bonds. The topological polar surface area (TPSA) is 67.4 Å². The van der Waals surface area contributed by atoms with Crippen LogP contribution in [-0.4, -0.2) is 36.1 Å². The standard InChI is InChI=1S/C23H28N4O2S/c1-4-19(21-8-6-12-30-21)25-22(28)16-7-5-11-27(14-16)23-24-15(2)18-10-9-17(29-3)13-20(18)26-23/h6,8-10,12-13,16,19H,4-5,7,11,14H2,1-3H3,(H,25,28)/t16-,19+/m1/s1. The number of carbonyl (C=O) groups excluding carboxylic acids is 1. The number of amides is 1. The average molecular weight is 425 g/mol. The fourth-order valence-corrected chi connectivity index (χ4v) is 4.91. The molecular formula is C23H28N4O2S. The fourth-order valence-electron chi connectivity index (χ4n) is 4.05. The van der Waals surface area contributed by atoms with Gasteiger partial charge in [-0.05, 0) is 49.8 Å². The first kappa shape index (κ1) is 20.6. The third kappa shape index (κ3) is 4.26. The molecule has 0 bridgehead atoms. The van der Waals surface area contributed by atoms with Gasteiger partial charge in [0.15, 0.2) is 0 Å². The number of ether oxygens (including phenoxy) is 1. The Morgan fingerprint density at radius 1 is 1.37 bits per heavy atom. The van der Waals surface area contributed by atoms with Crippen LogP contribution in [0, 0.1) is 12.8 Å². The first-order valence-electron chi connectivity index (χ1n) is 10.5. The molecule has 1 saturated heterocycles. The number of aromatic nitrogens is 2. The maximum atomic E-state index is 13.0. The summed E-state index contributed by atoms with van der Waals surface area (Å²) in [4.78, 5) is 25.9. The second-order valence-corrected chi connectivity index (χ2v) is 8.74. The zero-order chi connectivity index (χ0) is 21.1. The lowest BCUT2D eigenvalue weighted by Crippen LogP contribution is -2.44. The molecule has 4 rings (SSSR count). The lowest BCUT2D eigenvalue weighted by molar-refractivity contribution is -0.126. The van der Waals surface area contributed by atoms with Crippen molar-refractivity contribution in [3.05, 3.63) is 46.3 Å². The quantitative estimate of drug-likeness (QED) is 0.631. The number of thiophene rings is 1. The Bertz CT molecular complexity index is 1020. The lowest BCUT2D eigenvalue weighted by Gasteiger charge is -2.33. The first-order valence-corrected chi connectivity index (χ1v) is 11.4. The van der Waals surface area contributed by atoms with Gasteiger partial charge in [0, 0.05) is 29.4 Å². The molecule has 6 nitrogen and oxygen atoms in total. The summed E-state index contributed by atoms with van der Waals surface area (Å²) in [7, 11) is 1.66. The van der Waals surface area contributed by atoms with Crippen LogP contribution < -0.4 is 15.0 Å². The van der Waals surface area contributed by atoms with Crippen molar-refractivity contribution in [3.63, 3.8) is 0 Å². The number of rotatable bonds is 6. The molecule has 1 fully saturated rings. The van der Waals surface area contributed by atoms with Crippen molar-refractivity contribution in [2.24, 2.45) is 5.92 Å². The summed E-state index contributed by atoms with van der Waals surface area (Å²) in [6.07, 6.45) is 2.73. The number of nitrogens with one attached hydrogen (secondary N) is 1. The highest BCUT2D eigenvalue weighted by molar-refractivity contribution is 7.10. The third-order valence-corrected chi connectivity index (χ3v) is 6.76. The Morgan fingerprint density at radius 3 is 2.97 bits per heavy atom. The Hall–Kier alpha value is -2.67. The van der Waals surface area contributed by atoms with Gasteiger partial charge < -0.3 is 15.0 Å². The third-order valence-electron chi connectivity index (χ3n) is 5.77. The van der Waals surface area contributed by atoms with Crippen molar-refractivity contribution in [1.82, 2.24) is 15.3 Å². The van der Waals surface area contributed by atoms with Gasteiger partial charge in [0.25, 0.3) is 0 Å². The predicted octanol–water partition coefficient (Wildman–Crippen LogP) is 4.49. The Labute approximate surface area is 181 Å². The van der Waals surface area contributed by atoms with Crippen LogP contribution in [-0.2, 0) is 4.79 Å². The first-order chi connectivity index (χ1) is 14.6. The van der Waals surface area contributed by atoms with Crippen LogP contribution in [0.5, 0.6) is 5.75 Å². The number of aryl methyl sites for hydroxylation is 1. The average Bonchev–Trinajstić information content (AvgIpc) is 3.31. The summed E-state index contributed by atoms with van der Waals surface area (Å²) in [5, 5.41) is 6.33. The van der Waals surface area contributed by atoms with Crippen LogP contribution in [0.4, 0.5) is 5.95 Å². The largest absolute Gasteiger partial charge is 0.497 e. The van der Waals surface area contributed by atoms with Crippen LogP contribution in [0.3, 0.4) is 0 Å². The highest BCUT2D eigenvalue weighted by Gasteiger charge is 2.29. The van der Waals surface area contributed by atoms with E-state index >= 15 is 0 Å². The molecule has 1 aliphatic heterocycles. The molecule has 7 heteroatoms. The molecule has 3 aromatic rings.